The van der Waals surface area contributed by atoms with Gasteiger partial charge >= 0.3 is 11.9 Å². The van der Waals surface area contributed by atoms with Gasteiger partial charge in [-0.3, -0.25) is 19.2 Å². The third-order valence-corrected chi connectivity index (χ3v) is 8.69. The van der Waals surface area contributed by atoms with Crippen molar-refractivity contribution in [3.05, 3.63) is 24.2 Å². The standard InChI is InChI=1S/C25H33NO7/c1-6-19(27)26(4)17-11-16(22(29)31-5)24(2)9-7-15-23(30)33-18(14-8-10-32-13-14)12-25(15,3)21(24)20(17)28/h8,10,13,15-18,21H,6-7,9,11-12H2,1-5H3/t15-,16-,17+,18-,21?,24-,25-/m0/s1. The highest BCUT2D eigenvalue weighted by molar-refractivity contribution is 5.95. The number of rotatable bonds is 4. The lowest BCUT2D eigenvalue weighted by molar-refractivity contribution is -0.206. The Morgan fingerprint density at radius 1 is 1.24 bits per heavy atom. The zero-order chi connectivity index (χ0) is 24.1. The molecular weight excluding hydrogens is 426 g/mol. The van der Waals surface area contributed by atoms with Gasteiger partial charge in [0.15, 0.2) is 5.78 Å². The molecule has 1 saturated heterocycles. The van der Waals surface area contributed by atoms with E-state index < -0.39 is 40.7 Å². The van der Waals surface area contributed by atoms with E-state index in [1.807, 2.05) is 13.8 Å². The zero-order valence-corrected chi connectivity index (χ0v) is 20.0. The molecule has 1 unspecified atom stereocenters. The minimum atomic E-state index is -0.736. The van der Waals surface area contributed by atoms with Gasteiger partial charge in [0.05, 0.1) is 37.5 Å². The first-order valence-electron chi connectivity index (χ1n) is 11.7. The van der Waals surface area contributed by atoms with Gasteiger partial charge in [0, 0.05) is 24.9 Å². The maximum absolute atomic E-state index is 14.1. The van der Waals surface area contributed by atoms with E-state index in [-0.39, 0.29) is 36.5 Å². The van der Waals surface area contributed by atoms with E-state index in [1.165, 1.54) is 18.3 Å². The largest absolute Gasteiger partial charge is 0.472 e. The summed E-state index contributed by atoms with van der Waals surface area (Å²) in [6, 6.07) is 1.03. The molecule has 1 amide bonds. The number of carbonyl (C=O) groups is 4. The number of ether oxygens (including phenoxy) is 2. The number of nitrogens with zero attached hydrogens (tertiary/aromatic N) is 1. The number of methoxy groups -OCH3 is 1. The predicted octanol–water partition coefficient (Wildman–Crippen LogP) is 3.31. The average Bonchev–Trinajstić information content (AvgIpc) is 3.32. The number of cyclic esters (lactones) is 1. The number of fused-ring (bicyclic) bond motifs is 3. The van der Waals surface area contributed by atoms with Gasteiger partial charge in [-0.1, -0.05) is 20.8 Å². The third-order valence-electron chi connectivity index (χ3n) is 8.69. The summed E-state index contributed by atoms with van der Waals surface area (Å²) >= 11 is 0. The van der Waals surface area contributed by atoms with Crippen LogP contribution in [0.5, 0.6) is 0 Å². The number of esters is 2. The van der Waals surface area contributed by atoms with Crippen LogP contribution in [0, 0.1) is 28.6 Å². The molecule has 0 N–H and O–H groups in total. The molecule has 1 aromatic heterocycles. The van der Waals surface area contributed by atoms with Crippen molar-refractivity contribution in [3.63, 3.8) is 0 Å². The number of hydrogen-bond acceptors (Lipinski definition) is 7. The van der Waals surface area contributed by atoms with Crippen molar-refractivity contribution in [2.45, 2.75) is 65.0 Å². The fraction of sp³-hybridized carbons (Fsp3) is 0.680. The summed E-state index contributed by atoms with van der Waals surface area (Å²) in [6.07, 6.45) is 4.57. The summed E-state index contributed by atoms with van der Waals surface area (Å²) in [4.78, 5) is 54.3. The van der Waals surface area contributed by atoms with Crippen LogP contribution < -0.4 is 0 Å². The molecule has 1 aliphatic heterocycles. The highest BCUT2D eigenvalue weighted by atomic mass is 16.5. The van der Waals surface area contributed by atoms with Gasteiger partial charge in [-0.05, 0) is 42.6 Å². The average molecular weight is 460 g/mol. The van der Waals surface area contributed by atoms with Gasteiger partial charge in [0.2, 0.25) is 5.91 Å². The fourth-order valence-electron chi connectivity index (χ4n) is 6.94. The second-order valence-corrected chi connectivity index (χ2v) is 10.3. The first-order valence-corrected chi connectivity index (χ1v) is 11.7. The number of likely N-dealkylation sites (N-methyl/N-ethyl adjacent to an activating group) is 1. The van der Waals surface area contributed by atoms with E-state index >= 15 is 0 Å². The van der Waals surface area contributed by atoms with Crippen molar-refractivity contribution in [2.24, 2.45) is 28.6 Å². The highest BCUT2D eigenvalue weighted by Gasteiger charge is 2.67. The number of amides is 1. The lowest BCUT2D eigenvalue weighted by Crippen LogP contribution is -2.66. The maximum atomic E-state index is 14.1. The van der Waals surface area contributed by atoms with E-state index in [2.05, 4.69) is 0 Å². The molecule has 8 heteroatoms. The van der Waals surface area contributed by atoms with Gasteiger partial charge in [-0.25, -0.2) is 0 Å². The van der Waals surface area contributed by atoms with Crippen LogP contribution in [0.3, 0.4) is 0 Å². The van der Waals surface area contributed by atoms with Gasteiger partial charge in [0.1, 0.15) is 6.10 Å². The molecule has 3 aliphatic rings. The van der Waals surface area contributed by atoms with Crippen molar-refractivity contribution >= 4 is 23.6 Å². The van der Waals surface area contributed by atoms with E-state index in [9.17, 15) is 19.2 Å². The first-order chi connectivity index (χ1) is 15.6. The summed E-state index contributed by atoms with van der Waals surface area (Å²) in [7, 11) is 2.98. The Bertz CT molecular complexity index is 956. The Hall–Kier alpha value is -2.64. The van der Waals surface area contributed by atoms with Crippen LogP contribution in [0.2, 0.25) is 0 Å². The monoisotopic (exact) mass is 459 g/mol. The Morgan fingerprint density at radius 2 is 1.97 bits per heavy atom. The lowest BCUT2D eigenvalue weighted by atomic mass is 9.42. The molecular formula is C25H33NO7. The first kappa shape index (κ1) is 23.5. The second-order valence-electron chi connectivity index (χ2n) is 10.3. The summed E-state index contributed by atoms with van der Waals surface area (Å²) in [5, 5.41) is 0. The van der Waals surface area contributed by atoms with Crippen LogP contribution in [0.25, 0.3) is 0 Å². The Kier molecular flexibility index (Phi) is 5.91. The van der Waals surface area contributed by atoms with Crippen molar-refractivity contribution < 1.29 is 33.1 Å². The molecule has 0 radical (unpaired) electrons. The van der Waals surface area contributed by atoms with Crippen LogP contribution in [-0.2, 0) is 28.7 Å². The van der Waals surface area contributed by atoms with Crippen LogP contribution in [0.15, 0.2) is 23.0 Å². The molecule has 8 nitrogen and oxygen atoms in total. The van der Waals surface area contributed by atoms with Crippen LogP contribution >= 0.6 is 0 Å². The normalized spacial score (nSPS) is 38.0. The van der Waals surface area contributed by atoms with Crippen molar-refractivity contribution in [3.8, 4) is 0 Å². The molecule has 2 heterocycles. The van der Waals surface area contributed by atoms with E-state index in [0.717, 1.165) is 5.56 Å². The van der Waals surface area contributed by atoms with Crippen LogP contribution in [-0.4, -0.2) is 48.7 Å². The molecule has 7 atom stereocenters. The zero-order valence-electron chi connectivity index (χ0n) is 20.0. The quantitative estimate of drug-likeness (QED) is 0.637. The Morgan fingerprint density at radius 3 is 2.58 bits per heavy atom. The number of Topliss-reactive ketones (excluding diaryl/α,β-unsaturated/α-hetero) is 1. The molecule has 0 aromatic carbocycles. The number of furan rings is 1. The molecule has 180 valence electrons. The lowest BCUT2D eigenvalue weighted by Gasteiger charge is -2.61. The van der Waals surface area contributed by atoms with E-state index in [1.54, 1.807) is 26.3 Å². The SMILES string of the molecule is CCC(=O)N(C)[C@@H]1C[C@@H](C(=O)OC)[C@]2(C)CC[C@H]3C(=O)O[C@H](c4ccoc4)C[C@]3(C)C2C1=O. The molecule has 4 rings (SSSR count). The van der Waals surface area contributed by atoms with Gasteiger partial charge in [0.25, 0.3) is 0 Å². The fourth-order valence-corrected chi connectivity index (χ4v) is 6.94. The Balaban J connectivity index is 1.81. The summed E-state index contributed by atoms with van der Waals surface area (Å²) < 4.78 is 16.1. The minimum absolute atomic E-state index is 0.0743. The minimum Gasteiger partial charge on any atom is -0.472 e. The van der Waals surface area contributed by atoms with E-state index in [4.69, 9.17) is 13.9 Å². The maximum Gasteiger partial charge on any atom is 0.310 e. The molecule has 1 aromatic rings. The van der Waals surface area contributed by atoms with Crippen LogP contribution in [0.1, 0.15) is 64.5 Å². The molecule has 3 fully saturated rings. The van der Waals surface area contributed by atoms with Gasteiger partial charge < -0.3 is 18.8 Å². The highest BCUT2D eigenvalue weighted by Crippen LogP contribution is 2.65. The molecule has 33 heavy (non-hydrogen) atoms. The Labute approximate surface area is 194 Å². The third kappa shape index (κ3) is 3.49. The second kappa shape index (κ2) is 8.29. The predicted molar refractivity (Wildman–Crippen MR) is 117 cm³/mol. The van der Waals surface area contributed by atoms with Gasteiger partial charge in [-0.15, -0.1) is 0 Å². The summed E-state index contributed by atoms with van der Waals surface area (Å²) in [5.41, 5.74) is -0.666. The van der Waals surface area contributed by atoms with Crippen LogP contribution in [0.4, 0.5) is 0 Å². The number of ketones is 1. The van der Waals surface area contributed by atoms with Crippen molar-refractivity contribution in [2.75, 3.05) is 14.2 Å². The summed E-state index contributed by atoms with van der Waals surface area (Å²) in [6.45, 7) is 5.70. The van der Waals surface area contributed by atoms with E-state index in [0.29, 0.717) is 19.3 Å². The number of carbonyl (C=O) groups excluding carboxylic acids is 4. The molecule has 0 spiro atoms. The van der Waals surface area contributed by atoms with Crippen molar-refractivity contribution in [1.29, 1.82) is 0 Å². The smallest absolute Gasteiger partial charge is 0.310 e. The molecule has 0 bridgehead atoms. The molecule has 2 aliphatic carbocycles. The van der Waals surface area contributed by atoms with Gasteiger partial charge in [-0.2, -0.15) is 0 Å². The summed E-state index contributed by atoms with van der Waals surface area (Å²) in [5.74, 6) is -2.52. The van der Waals surface area contributed by atoms with Crippen molar-refractivity contribution in [1.82, 2.24) is 4.90 Å². The topological polar surface area (TPSA) is 103 Å². The molecule has 2 saturated carbocycles. The number of hydrogen-bond donors (Lipinski definition) is 0.